The molecule has 4 nitrogen and oxygen atoms in total. The Hall–Kier alpha value is -3.11. The third kappa shape index (κ3) is 3.57. The summed E-state index contributed by atoms with van der Waals surface area (Å²) in [6, 6.07) is 21.4. The van der Waals surface area contributed by atoms with Crippen LogP contribution < -0.4 is 0 Å². The van der Waals surface area contributed by atoms with E-state index in [0.29, 0.717) is 22.1 Å². The number of fused-ring (bicyclic) bond motifs is 1. The third-order valence-corrected chi connectivity index (χ3v) is 4.71. The van der Waals surface area contributed by atoms with Gasteiger partial charge in [-0.3, -0.25) is 4.79 Å². The Labute approximate surface area is 161 Å². The number of methoxy groups -OCH3 is 1. The van der Waals surface area contributed by atoms with Crippen LogP contribution >= 0.6 is 11.6 Å². The molecule has 0 atom stereocenters. The zero-order chi connectivity index (χ0) is 18.8. The van der Waals surface area contributed by atoms with E-state index in [1.807, 2.05) is 42.5 Å². The van der Waals surface area contributed by atoms with Gasteiger partial charge in [0.05, 0.1) is 13.5 Å². The summed E-state index contributed by atoms with van der Waals surface area (Å²) < 4.78 is 10.6. The molecule has 27 heavy (non-hydrogen) atoms. The van der Waals surface area contributed by atoms with E-state index in [9.17, 15) is 4.79 Å². The Morgan fingerprint density at radius 2 is 1.78 bits per heavy atom. The molecule has 0 amide bonds. The zero-order valence-electron chi connectivity index (χ0n) is 14.6. The van der Waals surface area contributed by atoms with Crippen LogP contribution in [-0.2, 0) is 16.0 Å². The SMILES string of the molecule is COC(=O)Cc1ccc(-c2nc3cc(-c4ccccc4)ccc3o2)cc1Cl. The summed E-state index contributed by atoms with van der Waals surface area (Å²) in [5.74, 6) is 0.154. The van der Waals surface area contributed by atoms with Gasteiger partial charge in [0.1, 0.15) is 5.52 Å². The van der Waals surface area contributed by atoms with Gasteiger partial charge in [-0.1, -0.05) is 54.1 Å². The topological polar surface area (TPSA) is 52.3 Å². The lowest BCUT2D eigenvalue weighted by atomic mass is 10.1. The minimum Gasteiger partial charge on any atom is -0.469 e. The fourth-order valence-electron chi connectivity index (χ4n) is 2.91. The predicted octanol–water partition coefficient (Wildman–Crippen LogP) is 5.53. The molecule has 3 aromatic carbocycles. The number of carbonyl (C=O) groups excluding carboxylic acids is 1. The fraction of sp³-hybridized carbons (Fsp3) is 0.0909. The number of oxazole rings is 1. The van der Waals surface area contributed by atoms with E-state index in [0.717, 1.165) is 22.2 Å². The molecule has 0 saturated heterocycles. The van der Waals surface area contributed by atoms with Crippen molar-refractivity contribution in [2.75, 3.05) is 7.11 Å². The smallest absolute Gasteiger partial charge is 0.310 e. The van der Waals surface area contributed by atoms with Gasteiger partial charge in [-0.05, 0) is 41.0 Å². The molecule has 0 aliphatic rings. The first kappa shape index (κ1) is 17.3. The molecule has 4 rings (SSSR count). The number of ether oxygens (including phenoxy) is 1. The molecule has 4 aromatic rings. The predicted molar refractivity (Wildman–Crippen MR) is 106 cm³/mol. The lowest BCUT2D eigenvalue weighted by Gasteiger charge is -2.04. The van der Waals surface area contributed by atoms with Crippen LogP contribution in [0.1, 0.15) is 5.56 Å². The first-order valence-electron chi connectivity index (χ1n) is 8.45. The molecule has 0 bridgehead atoms. The Morgan fingerprint density at radius 1 is 1.00 bits per heavy atom. The van der Waals surface area contributed by atoms with Crippen LogP contribution in [-0.4, -0.2) is 18.1 Å². The molecule has 134 valence electrons. The molecule has 1 aromatic heterocycles. The Kier molecular flexibility index (Phi) is 4.65. The van der Waals surface area contributed by atoms with Gasteiger partial charge in [0.25, 0.3) is 0 Å². The van der Waals surface area contributed by atoms with Gasteiger partial charge in [-0.2, -0.15) is 0 Å². The van der Waals surface area contributed by atoms with Crippen molar-refractivity contribution < 1.29 is 13.9 Å². The largest absolute Gasteiger partial charge is 0.469 e. The minimum atomic E-state index is -0.333. The summed E-state index contributed by atoms with van der Waals surface area (Å²) in [5.41, 5.74) is 5.15. The van der Waals surface area contributed by atoms with Crippen LogP contribution in [0.2, 0.25) is 5.02 Å². The highest BCUT2D eigenvalue weighted by Crippen LogP contribution is 2.30. The van der Waals surface area contributed by atoms with Crippen molar-refractivity contribution in [2.45, 2.75) is 6.42 Å². The quantitative estimate of drug-likeness (QED) is 0.439. The van der Waals surface area contributed by atoms with Gasteiger partial charge in [0.15, 0.2) is 5.58 Å². The number of hydrogen-bond donors (Lipinski definition) is 0. The Bertz CT molecular complexity index is 1120. The average Bonchev–Trinajstić information content (AvgIpc) is 3.13. The summed E-state index contributed by atoms with van der Waals surface area (Å²) in [6.45, 7) is 0. The molecular formula is C22H16ClNO3. The molecule has 0 fully saturated rings. The molecule has 0 aliphatic carbocycles. The number of esters is 1. The van der Waals surface area contributed by atoms with E-state index < -0.39 is 0 Å². The molecule has 5 heteroatoms. The van der Waals surface area contributed by atoms with E-state index in [-0.39, 0.29) is 12.4 Å². The number of hydrogen-bond acceptors (Lipinski definition) is 4. The summed E-state index contributed by atoms with van der Waals surface area (Å²) in [6.07, 6.45) is 0.129. The number of aromatic nitrogens is 1. The van der Waals surface area contributed by atoms with Crippen LogP contribution in [0.4, 0.5) is 0 Å². The molecule has 0 spiro atoms. The molecule has 0 aliphatic heterocycles. The van der Waals surface area contributed by atoms with Gasteiger partial charge in [-0.25, -0.2) is 4.98 Å². The standard InChI is InChI=1S/C22H16ClNO3/c1-26-21(25)13-16-7-8-17(11-18(16)23)22-24-19-12-15(9-10-20(19)27-22)14-5-3-2-4-6-14/h2-12H,13H2,1H3. The maximum atomic E-state index is 11.4. The van der Waals surface area contributed by atoms with Crippen molar-refractivity contribution in [1.29, 1.82) is 0 Å². The van der Waals surface area contributed by atoms with Crippen molar-refractivity contribution in [3.8, 4) is 22.6 Å². The molecule has 1 heterocycles. The lowest BCUT2D eigenvalue weighted by molar-refractivity contribution is -0.139. The molecule has 0 saturated carbocycles. The number of carbonyl (C=O) groups is 1. The molecular weight excluding hydrogens is 362 g/mol. The van der Waals surface area contributed by atoms with E-state index in [1.54, 1.807) is 12.1 Å². The summed E-state index contributed by atoms with van der Waals surface area (Å²) in [7, 11) is 1.35. The van der Waals surface area contributed by atoms with Crippen molar-refractivity contribution in [1.82, 2.24) is 4.98 Å². The third-order valence-electron chi connectivity index (χ3n) is 4.36. The zero-order valence-corrected chi connectivity index (χ0v) is 15.4. The van der Waals surface area contributed by atoms with Gasteiger partial charge in [0, 0.05) is 10.6 Å². The van der Waals surface area contributed by atoms with Gasteiger partial charge < -0.3 is 9.15 Å². The van der Waals surface area contributed by atoms with Crippen molar-refractivity contribution in [3.63, 3.8) is 0 Å². The molecule has 0 N–H and O–H groups in total. The first-order chi connectivity index (χ1) is 13.1. The van der Waals surface area contributed by atoms with Gasteiger partial charge >= 0.3 is 5.97 Å². The number of nitrogens with zero attached hydrogens (tertiary/aromatic N) is 1. The number of benzene rings is 3. The Morgan fingerprint density at radius 3 is 2.52 bits per heavy atom. The monoisotopic (exact) mass is 377 g/mol. The second kappa shape index (κ2) is 7.25. The summed E-state index contributed by atoms with van der Waals surface area (Å²) in [4.78, 5) is 16.0. The number of halogens is 1. The van der Waals surface area contributed by atoms with Crippen molar-refractivity contribution in [2.24, 2.45) is 0 Å². The summed E-state index contributed by atoms with van der Waals surface area (Å²) in [5, 5.41) is 0.477. The van der Waals surface area contributed by atoms with Crippen LogP contribution in [0, 0.1) is 0 Å². The second-order valence-electron chi connectivity index (χ2n) is 6.13. The fourth-order valence-corrected chi connectivity index (χ4v) is 3.16. The highest BCUT2D eigenvalue weighted by Gasteiger charge is 2.13. The lowest BCUT2D eigenvalue weighted by Crippen LogP contribution is -2.04. The van der Waals surface area contributed by atoms with E-state index >= 15 is 0 Å². The minimum absolute atomic E-state index is 0.129. The molecule has 0 radical (unpaired) electrons. The van der Waals surface area contributed by atoms with Crippen LogP contribution in [0.3, 0.4) is 0 Å². The van der Waals surface area contributed by atoms with Crippen molar-refractivity contribution in [3.05, 3.63) is 77.3 Å². The normalized spacial score (nSPS) is 10.9. The number of rotatable bonds is 4. The highest BCUT2D eigenvalue weighted by molar-refractivity contribution is 6.31. The van der Waals surface area contributed by atoms with Crippen LogP contribution in [0.25, 0.3) is 33.7 Å². The van der Waals surface area contributed by atoms with E-state index in [2.05, 4.69) is 21.9 Å². The van der Waals surface area contributed by atoms with Gasteiger partial charge in [0.2, 0.25) is 5.89 Å². The van der Waals surface area contributed by atoms with Crippen molar-refractivity contribution >= 4 is 28.7 Å². The molecule has 0 unspecified atom stereocenters. The highest BCUT2D eigenvalue weighted by atomic mass is 35.5. The van der Waals surface area contributed by atoms with Crippen LogP contribution in [0.5, 0.6) is 0 Å². The maximum absolute atomic E-state index is 11.4. The second-order valence-corrected chi connectivity index (χ2v) is 6.53. The van der Waals surface area contributed by atoms with E-state index in [4.69, 9.17) is 16.0 Å². The average molecular weight is 378 g/mol. The van der Waals surface area contributed by atoms with E-state index in [1.165, 1.54) is 7.11 Å². The first-order valence-corrected chi connectivity index (χ1v) is 8.83. The summed E-state index contributed by atoms with van der Waals surface area (Å²) >= 11 is 6.31. The van der Waals surface area contributed by atoms with Gasteiger partial charge in [-0.15, -0.1) is 0 Å². The van der Waals surface area contributed by atoms with Crippen LogP contribution in [0.15, 0.2) is 71.1 Å². The maximum Gasteiger partial charge on any atom is 0.310 e. The Balaban J connectivity index is 1.68.